The predicted molar refractivity (Wildman–Crippen MR) is 81.8 cm³/mol. The number of carbonyl (C=O) groups is 1. The molecule has 2 aromatic carbocycles. The van der Waals surface area contributed by atoms with Crippen LogP contribution in [-0.4, -0.2) is 17.1 Å². The summed E-state index contributed by atoms with van der Waals surface area (Å²) in [5, 5.41) is 14.4. The molecule has 3 rings (SSSR count). The van der Waals surface area contributed by atoms with Crippen LogP contribution < -0.4 is 5.32 Å². The Kier molecular flexibility index (Phi) is 3.52. The van der Waals surface area contributed by atoms with Gasteiger partial charge in [0.05, 0.1) is 6.04 Å². The van der Waals surface area contributed by atoms with Crippen molar-refractivity contribution in [2.45, 2.75) is 31.4 Å². The number of rotatable bonds is 2. The molecule has 108 valence electrons. The van der Waals surface area contributed by atoms with E-state index in [1.165, 1.54) is 6.92 Å². The van der Waals surface area contributed by atoms with Crippen LogP contribution in [-0.2, 0) is 16.8 Å². The van der Waals surface area contributed by atoms with Gasteiger partial charge in [0.15, 0.2) is 0 Å². The molecule has 2 aromatic rings. The third-order valence-corrected chi connectivity index (χ3v) is 4.23. The van der Waals surface area contributed by atoms with Crippen LogP contribution in [0.5, 0.6) is 0 Å². The zero-order valence-corrected chi connectivity index (χ0v) is 12.0. The monoisotopic (exact) mass is 281 g/mol. The van der Waals surface area contributed by atoms with Crippen LogP contribution in [0.4, 0.5) is 0 Å². The van der Waals surface area contributed by atoms with Crippen molar-refractivity contribution in [3.63, 3.8) is 0 Å². The van der Waals surface area contributed by atoms with Gasteiger partial charge in [0.2, 0.25) is 5.91 Å². The number of hydrogen-bond acceptors (Lipinski definition) is 2. The van der Waals surface area contributed by atoms with E-state index in [1.807, 2.05) is 54.6 Å². The summed E-state index contributed by atoms with van der Waals surface area (Å²) in [5.41, 5.74) is 1.67. The van der Waals surface area contributed by atoms with Crippen molar-refractivity contribution in [3.8, 4) is 0 Å². The molecule has 0 spiro atoms. The first-order valence-corrected chi connectivity index (χ1v) is 7.25. The summed E-state index contributed by atoms with van der Waals surface area (Å²) < 4.78 is 0. The fraction of sp³-hybridized carbons (Fsp3) is 0.278. The first-order chi connectivity index (χ1) is 10.1. The Morgan fingerprint density at radius 1 is 1.14 bits per heavy atom. The quantitative estimate of drug-likeness (QED) is 0.888. The molecule has 1 aliphatic rings. The second kappa shape index (κ2) is 5.34. The number of amides is 1. The van der Waals surface area contributed by atoms with Crippen molar-refractivity contribution in [2.24, 2.45) is 0 Å². The number of fused-ring (bicyclic) bond motifs is 1. The Morgan fingerprint density at radius 2 is 1.81 bits per heavy atom. The Bertz CT molecular complexity index is 653. The lowest BCUT2D eigenvalue weighted by molar-refractivity contribution is -0.121. The number of carbonyl (C=O) groups excluding carboxylic acids is 1. The van der Waals surface area contributed by atoms with Gasteiger partial charge in [-0.2, -0.15) is 0 Å². The maximum Gasteiger partial charge on any atom is 0.217 e. The van der Waals surface area contributed by atoms with Crippen LogP contribution in [0.3, 0.4) is 0 Å². The highest BCUT2D eigenvalue weighted by molar-refractivity contribution is 5.73. The number of hydrogen-bond donors (Lipinski definition) is 2. The van der Waals surface area contributed by atoms with E-state index in [4.69, 9.17) is 0 Å². The Hall–Kier alpha value is -2.13. The molecule has 0 aliphatic heterocycles. The molecular formula is C18H19NO2. The third kappa shape index (κ3) is 2.34. The van der Waals surface area contributed by atoms with Gasteiger partial charge >= 0.3 is 0 Å². The van der Waals surface area contributed by atoms with Gasteiger partial charge in [0.25, 0.3) is 0 Å². The van der Waals surface area contributed by atoms with Crippen molar-refractivity contribution < 1.29 is 9.90 Å². The Morgan fingerprint density at radius 3 is 2.52 bits per heavy atom. The Labute approximate surface area is 124 Å². The van der Waals surface area contributed by atoms with Crippen molar-refractivity contribution in [3.05, 3.63) is 71.3 Å². The van der Waals surface area contributed by atoms with Crippen LogP contribution in [0.25, 0.3) is 0 Å². The molecular weight excluding hydrogens is 262 g/mol. The summed E-state index contributed by atoms with van der Waals surface area (Å²) >= 11 is 0. The highest BCUT2D eigenvalue weighted by Crippen LogP contribution is 2.40. The topological polar surface area (TPSA) is 49.3 Å². The first-order valence-electron chi connectivity index (χ1n) is 7.25. The molecule has 0 fully saturated rings. The molecule has 0 bridgehead atoms. The normalized spacial score (nSPS) is 24.2. The molecule has 3 nitrogen and oxygen atoms in total. The lowest BCUT2D eigenvalue weighted by Gasteiger charge is -2.42. The van der Waals surface area contributed by atoms with E-state index in [9.17, 15) is 9.90 Å². The van der Waals surface area contributed by atoms with E-state index in [-0.39, 0.29) is 11.9 Å². The molecule has 0 saturated carbocycles. The van der Waals surface area contributed by atoms with E-state index >= 15 is 0 Å². The second-order valence-corrected chi connectivity index (χ2v) is 5.58. The minimum absolute atomic E-state index is 0.117. The molecule has 0 radical (unpaired) electrons. The molecule has 0 aromatic heterocycles. The zero-order valence-electron chi connectivity index (χ0n) is 12.0. The SMILES string of the molecule is CC(=O)NC1CCc2ccccc2C1(O)c1ccccc1. The molecule has 0 heterocycles. The summed E-state index contributed by atoms with van der Waals surface area (Å²) in [6.07, 6.45) is 1.58. The second-order valence-electron chi connectivity index (χ2n) is 5.58. The largest absolute Gasteiger partial charge is 0.378 e. The van der Waals surface area contributed by atoms with Gasteiger partial charge in [-0.3, -0.25) is 4.79 Å². The van der Waals surface area contributed by atoms with Crippen LogP contribution in [0, 0.1) is 0 Å². The molecule has 0 saturated heterocycles. The highest BCUT2D eigenvalue weighted by Gasteiger charge is 2.44. The van der Waals surface area contributed by atoms with Gasteiger partial charge in [0.1, 0.15) is 5.60 Å². The van der Waals surface area contributed by atoms with Crippen LogP contribution in [0.1, 0.15) is 30.0 Å². The van der Waals surface area contributed by atoms with Crippen molar-refractivity contribution >= 4 is 5.91 Å². The van der Waals surface area contributed by atoms with E-state index in [0.717, 1.165) is 29.5 Å². The van der Waals surface area contributed by atoms with E-state index in [1.54, 1.807) is 0 Å². The maximum absolute atomic E-state index is 11.5. The van der Waals surface area contributed by atoms with Gasteiger partial charge in [-0.1, -0.05) is 54.6 Å². The fourth-order valence-corrected chi connectivity index (χ4v) is 3.28. The summed E-state index contributed by atoms with van der Waals surface area (Å²) in [4.78, 5) is 11.5. The molecule has 2 unspecified atom stereocenters. The molecule has 2 atom stereocenters. The number of aliphatic hydroxyl groups is 1. The molecule has 3 heteroatoms. The van der Waals surface area contributed by atoms with Crippen molar-refractivity contribution in [2.75, 3.05) is 0 Å². The van der Waals surface area contributed by atoms with Gasteiger partial charge in [-0.25, -0.2) is 0 Å². The summed E-state index contributed by atoms with van der Waals surface area (Å²) in [6, 6.07) is 17.2. The van der Waals surface area contributed by atoms with Crippen LogP contribution in [0.15, 0.2) is 54.6 Å². The summed E-state index contributed by atoms with van der Waals surface area (Å²) in [6.45, 7) is 1.49. The number of aryl methyl sites for hydroxylation is 1. The lowest BCUT2D eigenvalue weighted by Crippen LogP contribution is -2.53. The van der Waals surface area contributed by atoms with Gasteiger partial charge in [-0.05, 0) is 29.5 Å². The van der Waals surface area contributed by atoms with Crippen LogP contribution >= 0.6 is 0 Å². The minimum atomic E-state index is -1.18. The van der Waals surface area contributed by atoms with Crippen molar-refractivity contribution in [1.29, 1.82) is 0 Å². The standard InChI is InChI=1S/C18H19NO2/c1-13(20)19-17-12-11-14-7-5-6-10-16(14)18(17,21)15-8-3-2-4-9-15/h2-10,17,21H,11-12H2,1H3,(H,19,20). The maximum atomic E-state index is 11.5. The smallest absolute Gasteiger partial charge is 0.217 e. The fourth-order valence-electron chi connectivity index (χ4n) is 3.28. The molecule has 1 aliphatic carbocycles. The van der Waals surface area contributed by atoms with Gasteiger partial charge in [0, 0.05) is 6.92 Å². The molecule has 1 amide bonds. The zero-order chi connectivity index (χ0) is 14.9. The average Bonchev–Trinajstić information content (AvgIpc) is 2.51. The third-order valence-electron chi connectivity index (χ3n) is 4.23. The summed E-state index contributed by atoms with van der Waals surface area (Å²) in [7, 11) is 0. The van der Waals surface area contributed by atoms with E-state index in [0.29, 0.717) is 0 Å². The van der Waals surface area contributed by atoms with Crippen molar-refractivity contribution in [1.82, 2.24) is 5.32 Å². The summed E-state index contributed by atoms with van der Waals surface area (Å²) in [5.74, 6) is -0.117. The lowest BCUT2D eigenvalue weighted by atomic mass is 9.71. The molecule has 2 N–H and O–H groups in total. The van der Waals surface area contributed by atoms with E-state index in [2.05, 4.69) is 5.32 Å². The number of benzene rings is 2. The van der Waals surface area contributed by atoms with Gasteiger partial charge in [-0.15, -0.1) is 0 Å². The van der Waals surface area contributed by atoms with Gasteiger partial charge < -0.3 is 10.4 Å². The number of nitrogens with one attached hydrogen (secondary N) is 1. The molecule has 21 heavy (non-hydrogen) atoms. The minimum Gasteiger partial charge on any atom is -0.378 e. The van der Waals surface area contributed by atoms with Crippen LogP contribution in [0.2, 0.25) is 0 Å². The predicted octanol–water partition coefficient (Wildman–Crippen LogP) is 2.37. The Balaban J connectivity index is 2.16. The average molecular weight is 281 g/mol. The van der Waals surface area contributed by atoms with E-state index < -0.39 is 5.60 Å². The first kappa shape index (κ1) is 13.8. The highest BCUT2D eigenvalue weighted by atomic mass is 16.3.